The smallest absolute Gasteiger partial charge is 0.345 e. The van der Waals surface area contributed by atoms with Crippen molar-refractivity contribution in [1.29, 1.82) is 0 Å². The van der Waals surface area contributed by atoms with Crippen molar-refractivity contribution in [1.82, 2.24) is 4.98 Å². The minimum absolute atomic E-state index is 0.277. The first kappa shape index (κ1) is 11.4. The summed E-state index contributed by atoms with van der Waals surface area (Å²) in [6, 6.07) is 5.85. The molecule has 0 radical (unpaired) electrons. The summed E-state index contributed by atoms with van der Waals surface area (Å²) >= 11 is 1.39. The van der Waals surface area contributed by atoms with Crippen LogP contribution >= 0.6 is 11.3 Å². The van der Waals surface area contributed by atoms with Crippen molar-refractivity contribution < 1.29 is 9.90 Å². The lowest BCUT2D eigenvalue weighted by atomic mass is 10.0. The van der Waals surface area contributed by atoms with Gasteiger partial charge >= 0.3 is 5.97 Å². The zero-order valence-corrected chi connectivity index (χ0v) is 10.8. The van der Waals surface area contributed by atoms with Gasteiger partial charge in [0.1, 0.15) is 4.88 Å². The van der Waals surface area contributed by atoms with E-state index < -0.39 is 5.97 Å². The lowest BCUT2D eigenvalue weighted by Gasteiger charge is -2.09. The van der Waals surface area contributed by atoms with Crippen LogP contribution in [0.3, 0.4) is 0 Å². The third-order valence-corrected chi connectivity index (χ3v) is 4.78. The van der Waals surface area contributed by atoms with Gasteiger partial charge in [-0.15, -0.1) is 11.3 Å². The first-order valence-electron chi connectivity index (χ1n) is 5.94. The molecule has 0 spiro atoms. The molecule has 4 heteroatoms. The highest BCUT2D eigenvalue weighted by atomic mass is 32.1. The summed E-state index contributed by atoms with van der Waals surface area (Å²) in [4.78, 5) is 17.1. The van der Waals surface area contributed by atoms with E-state index >= 15 is 0 Å². The van der Waals surface area contributed by atoms with Crippen LogP contribution in [0.1, 0.15) is 43.7 Å². The number of aromatic nitrogens is 1. The topological polar surface area (TPSA) is 50.2 Å². The number of carbonyl (C=O) groups is 1. The van der Waals surface area contributed by atoms with Crippen LogP contribution in [0.4, 0.5) is 0 Å². The molecule has 3 rings (SSSR count). The van der Waals surface area contributed by atoms with Gasteiger partial charge in [0, 0.05) is 17.0 Å². The molecule has 0 aromatic carbocycles. The second-order valence-corrected chi connectivity index (χ2v) is 5.69. The molecule has 1 unspecified atom stereocenters. The molecule has 1 N–H and O–H groups in total. The molecule has 1 aliphatic carbocycles. The number of aryl methyl sites for hydroxylation is 2. The minimum Gasteiger partial charge on any atom is -0.477 e. The van der Waals surface area contributed by atoms with Gasteiger partial charge in [-0.2, -0.15) is 0 Å². The molecule has 1 aliphatic rings. The van der Waals surface area contributed by atoms with Crippen molar-refractivity contribution in [2.45, 2.75) is 25.7 Å². The van der Waals surface area contributed by atoms with Crippen LogP contribution in [0.5, 0.6) is 0 Å². The normalized spacial score (nSPS) is 17.7. The summed E-state index contributed by atoms with van der Waals surface area (Å²) in [5, 5.41) is 9.06. The number of nitrogens with zero attached hydrogens (tertiary/aromatic N) is 1. The third kappa shape index (κ3) is 1.73. The lowest BCUT2D eigenvalue weighted by Crippen LogP contribution is -1.97. The molecule has 0 saturated carbocycles. The third-order valence-electron chi connectivity index (χ3n) is 3.44. The van der Waals surface area contributed by atoms with Gasteiger partial charge in [0.05, 0.1) is 5.69 Å². The molecule has 1 atom stereocenters. The molecule has 18 heavy (non-hydrogen) atoms. The molecule has 2 aromatic rings. The summed E-state index contributed by atoms with van der Waals surface area (Å²) in [5.41, 5.74) is 3.49. The summed E-state index contributed by atoms with van der Waals surface area (Å²) in [6.45, 7) is 1.99. The predicted molar refractivity (Wildman–Crippen MR) is 70.4 cm³/mol. The Labute approximate surface area is 109 Å². The fourth-order valence-electron chi connectivity index (χ4n) is 2.62. The van der Waals surface area contributed by atoms with Crippen LogP contribution in [0, 0.1) is 6.92 Å². The Morgan fingerprint density at radius 1 is 1.56 bits per heavy atom. The van der Waals surface area contributed by atoms with Gasteiger partial charge in [-0.1, -0.05) is 6.07 Å². The van der Waals surface area contributed by atoms with E-state index in [2.05, 4.69) is 11.1 Å². The van der Waals surface area contributed by atoms with Crippen LogP contribution in [-0.2, 0) is 6.42 Å². The van der Waals surface area contributed by atoms with Crippen LogP contribution in [0.2, 0.25) is 0 Å². The molecule has 0 fully saturated rings. The summed E-state index contributed by atoms with van der Waals surface area (Å²) < 4.78 is 0. The van der Waals surface area contributed by atoms with E-state index in [1.165, 1.54) is 16.9 Å². The second kappa shape index (κ2) is 4.21. The minimum atomic E-state index is -0.839. The largest absolute Gasteiger partial charge is 0.477 e. The number of fused-ring (bicyclic) bond motifs is 1. The average molecular weight is 259 g/mol. The van der Waals surface area contributed by atoms with Gasteiger partial charge in [0.2, 0.25) is 0 Å². The van der Waals surface area contributed by atoms with Gasteiger partial charge in [0.25, 0.3) is 0 Å². The molecule has 92 valence electrons. The maximum atomic E-state index is 11.0. The van der Waals surface area contributed by atoms with Crippen molar-refractivity contribution >= 4 is 17.3 Å². The zero-order valence-electron chi connectivity index (χ0n) is 10.0. The Bertz CT molecular complexity index is 618. The summed E-state index contributed by atoms with van der Waals surface area (Å²) in [5.74, 6) is -0.562. The Kier molecular flexibility index (Phi) is 2.67. The molecule has 0 bridgehead atoms. The molecule has 2 heterocycles. The van der Waals surface area contributed by atoms with Gasteiger partial charge in [-0.05, 0) is 43.0 Å². The van der Waals surface area contributed by atoms with Crippen LogP contribution in [-0.4, -0.2) is 16.1 Å². The SMILES string of the molecule is Cc1cc(C(=O)O)sc1C1CCc2cccnc21. The van der Waals surface area contributed by atoms with Gasteiger partial charge in [-0.25, -0.2) is 4.79 Å². The van der Waals surface area contributed by atoms with E-state index in [-0.39, 0.29) is 5.92 Å². The predicted octanol–water partition coefficient (Wildman–Crippen LogP) is 3.23. The van der Waals surface area contributed by atoms with E-state index in [1.54, 1.807) is 6.07 Å². The van der Waals surface area contributed by atoms with E-state index in [9.17, 15) is 4.79 Å². The Morgan fingerprint density at radius 3 is 3.11 bits per heavy atom. The number of thiophene rings is 1. The van der Waals surface area contributed by atoms with Crippen molar-refractivity contribution in [2.24, 2.45) is 0 Å². The van der Waals surface area contributed by atoms with E-state index in [0.29, 0.717) is 4.88 Å². The fourth-order valence-corrected chi connectivity index (χ4v) is 3.77. The van der Waals surface area contributed by atoms with E-state index in [1.807, 2.05) is 19.2 Å². The number of carboxylic acids is 1. The number of hydrogen-bond donors (Lipinski definition) is 1. The van der Waals surface area contributed by atoms with Crippen LogP contribution in [0.15, 0.2) is 24.4 Å². The Hall–Kier alpha value is -1.68. The maximum Gasteiger partial charge on any atom is 0.345 e. The van der Waals surface area contributed by atoms with Crippen molar-refractivity contribution in [3.8, 4) is 0 Å². The zero-order chi connectivity index (χ0) is 12.7. The molecular weight excluding hydrogens is 246 g/mol. The fraction of sp³-hybridized carbons (Fsp3) is 0.286. The number of hydrogen-bond acceptors (Lipinski definition) is 3. The number of aromatic carboxylic acids is 1. The van der Waals surface area contributed by atoms with Gasteiger partial charge in [0.15, 0.2) is 0 Å². The van der Waals surface area contributed by atoms with Crippen LogP contribution in [0.25, 0.3) is 0 Å². The average Bonchev–Trinajstić information content (AvgIpc) is 2.92. The summed E-state index contributed by atoms with van der Waals surface area (Å²) in [6.07, 6.45) is 3.89. The van der Waals surface area contributed by atoms with E-state index in [4.69, 9.17) is 5.11 Å². The molecule has 2 aromatic heterocycles. The highest BCUT2D eigenvalue weighted by Crippen LogP contribution is 2.41. The standard InChI is InChI=1S/C14H13NO2S/c1-8-7-11(14(16)17)18-13(8)10-5-4-9-3-2-6-15-12(9)10/h2-3,6-7,10H,4-5H2,1H3,(H,16,17). The highest BCUT2D eigenvalue weighted by Gasteiger charge is 2.28. The van der Waals surface area contributed by atoms with Crippen molar-refractivity contribution in [2.75, 3.05) is 0 Å². The van der Waals surface area contributed by atoms with Crippen molar-refractivity contribution in [3.63, 3.8) is 0 Å². The lowest BCUT2D eigenvalue weighted by molar-refractivity contribution is 0.0702. The maximum absolute atomic E-state index is 11.0. The molecule has 0 amide bonds. The Morgan fingerprint density at radius 2 is 2.39 bits per heavy atom. The highest BCUT2D eigenvalue weighted by molar-refractivity contribution is 7.14. The monoisotopic (exact) mass is 259 g/mol. The summed E-state index contributed by atoms with van der Waals surface area (Å²) in [7, 11) is 0. The van der Waals surface area contributed by atoms with E-state index in [0.717, 1.165) is 29.0 Å². The molecule has 0 saturated heterocycles. The van der Waals surface area contributed by atoms with Crippen LogP contribution < -0.4 is 0 Å². The van der Waals surface area contributed by atoms with Gasteiger partial charge < -0.3 is 5.11 Å². The molecule has 0 aliphatic heterocycles. The molecule has 3 nitrogen and oxygen atoms in total. The Balaban J connectivity index is 2.05. The second-order valence-electron chi connectivity index (χ2n) is 4.60. The number of carboxylic acid groups (broad SMARTS) is 1. The molecular formula is C14H13NO2S. The quantitative estimate of drug-likeness (QED) is 0.900. The number of rotatable bonds is 2. The number of pyridine rings is 1. The first-order chi connectivity index (χ1) is 8.66. The van der Waals surface area contributed by atoms with Gasteiger partial charge in [-0.3, -0.25) is 4.98 Å². The van der Waals surface area contributed by atoms with Crippen molar-refractivity contribution in [3.05, 3.63) is 51.0 Å². The first-order valence-corrected chi connectivity index (χ1v) is 6.76.